The lowest BCUT2D eigenvalue weighted by molar-refractivity contribution is 0.998. The van der Waals surface area contributed by atoms with Gasteiger partial charge in [0, 0.05) is 16.5 Å². The Morgan fingerprint density at radius 3 is 2.40 bits per heavy atom. The average molecular weight is 303 g/mol. The number of hydrogen-bond donors (Lipinski definition) is 0. The van der Waals surface area contributed by atoms with E-state index >= 15 is 0 Å². The molecule has 102 valence electrons. The van der Waals surface area contributed by atoms with Crippen LogP contribution in [-0.4, -0.2) is 4.98 Å². The van der Waals surface area contributed by atoms with E-state index in [9.17, 15) is 5.26 Å². The number of hydrogen-bond acceptors (Lipinski definition) is 3. The zero-order valence-electron chi connectivity index (χ0n) is 11.7. The highest BCUT2D eigenvalue weighted by atomic mass is 35.5. The number of benzene rings is 1. The highest BCUT2D eigenvalue weighted by Crippen LogP contribution is 2.29. The van der Waals surface area contributed by atoms with Gasteiger partial charge in [-0.2, -0.15) is 5.26 Å². The summed E-state index contributed by atoms with van der Waals surface area (Å²) in [6.07, 6.45) is 0. The Balaban J connectivity index is 2.26. The molecule has 0 saturated heterocycles. The van der Waals surface area contributed by atoms with Crippen LogP contribution in [0.15, 0.2) is 29.3 Å². The second-order valence-corrected chi connectivity index (χ2v) is 6.05. The van der Waals surface area contributed by atoms with Crippen LogP contribution in [0.4, 0.5) is 0 Å². The number of nitriles is 1. The Kier molecular flexibility index (Phi) is 4.69. The summed E-state index contributed by atoms with van der Waals surface area (Å²) in [4.78, 5) is 4.55. The van der Waals surface area contributed by atoms with Crippen LogP contribution < -0.4 is 0 Å². The Morgan fingerprint density at radius 2 is 1.80 bits per heavy atom. The molecule has 0 radical (unpaired) electrons. The lowest BCUT2D eigenvalue weighted by atomic mass is 10.1. The molecule has 0 N–H and O–H groups in total. The van der Waals surface area contributed by atoms with Crippen LogP contribution in [0, 0.1) is 32.1 Å². The van der Waals surface area contributed by atoms with E-state index in [-0.39, 0.29) is 0 Å². The topological polar surface area (TPSA) is 36.7 Å². The quantitative estimate of drug-likeness (QED) is 0.762. The van der Waals surface area contributed by atoms with Crippen molar-refractivity contribution in [3.05, 3.63) is 57.2 Å². The summed E-state index contributed by atoms with van der Waals surface area (Å²) in [7, 11) is 0. The maximum absolute atomic E-state index is 9.33. The first-order valence-corrected chi connectivity index (χ1v) is 7.64. The Bertz CT molecular complexity index is 672. The van der Waals surface area contributed by atoms with Crippen molar-refractivity contribution in [3.8, 4) is 6.07 Å². The third-order valence-electron chi connectivity index (χ3n) is 3.36. The van der Waals surface area contributed by atoms with Gasteiger partial charge in [-0.15, -0.1) is 11.8 Å². The number of aromatic nitrogens is 1. The van der Waals surface area contributed by atoms with Crippen LogP contribution >= 0.6 is 23.4 Å². The number of nitrogens with zero attached hydrogens (tertiary/aromatic N) is 2. The van der Waals surface area contributed by atoms with E-state index in [0.29, 0.717) is 5.56 Å². The smallest absolute Gasteiger partial charge is 0.115 e. The molecule has 0 atom stereocenters. The minimum atomic E-state index is 0.687. The van der Waals surface area contributed by atoms with Gasteiger partial charge in [0.25, 0.3) is 0 Å². The van der Waals surface area contributed by atoms with Gasteiger partial charge in [0.15, 0.2) is 0 Å². The maximum Gasteiger partial charge on any atom is 0.115 e. The third kappa shape index (κ3) is 3.15. The van der Waals surface area contributed by atoms with Crippen LogP contribution in [0.5, 0.6) is 0 Å². The summed E-state index contributed by atoms with van der Waals surface area (Å²) >= 11 is 7.46. The molecular formula is C16H15ClN2S. The molecule has 0 fully saturated rings. The predicted molar refractivity (Wildman–Crippen MR) is 84.2 cm³/mol. The van der Waals surface area contributed by atoms with Gasteiger partial charge in [-0.25, -0.2) is 4.98 Å². The minimum Gasteiger partial charge on any atom is -0.245 e. The Labute approximate surface area is 128 Å². The molecule has 0 aliphatic carbocycles. The van der Waals surface area contributed by atoms with Gasteiger partial charge < -0.3 is 0 Å². The average Bonchev–Trinajstić information content (AvgIpc) is 2.44. The maximum atomic E-state index is 9.33. The zero-order valence-corrected chi connectivity index (χ0v) is 13.3. The highest BCUT2D eigenvalue weighted by molar-refractivity contribution is 7.98. The van der Waals surface area contributed by atoms with Gasteiger partial charge in [-0.3, -0.25) is 0 Å². The SMILES string of the molecule is Cc1nc(SCc2ccc(Cl)cc2)c(C#N)c(C)c1C. The van der Waals surface area contributed by atoms with E-state index in [1.807, 2.05) is 45.0 Å². The second kappa shape index (κ2) is 6.30. The monoisotopic (exact) mass is 302 g/mol. The minimum absolute atomic E-state index is 0.687. The van der Waals surface area contributed by atoms with Gasteiger partial charge in [-0.05, 0) is 49.6 Å². The summed E-state index contributed by atoms with van der Waals surface area (Å²) in [5.74, 6) is 0.779. The lowest BCUT2D eigenvalue weighted by Crippen LogP contribution is -1.99. The van der Waals surface area contributed by atoms with Crippen molar-refractivity contribution in [2.75, 3.05) is 0 Å². The Morgan fingerprint density at radius 1 is 1.15 bits per heavy atom. The highest BCUT2D eigenvalue weighted by Gasteiger charge is 2.12. The molecular weight excluding hydrogens is 288 g/mol. The molecule has 0 amide bonds. The molecule has 4 heteroatoms. The van der Waals surface area contributed by atoms with Crippen LogP contribution in [0.25, 0.3) is 0 Å². The molecule has 1 aromatic carbocycles. The van der Waals surface area contributed by atoms with Gasteiger partial charge in [0.05, 0.1) is 5.56 Å². The van der Waals surface area contributed by atoms with Crippen molar-refractivity contribution in [2.24, 2.45) is 0 Å². The second-order valence-electron chi connectivity index (χ2n) is 4.65. The molecule has 20 heavy (non-hydrogen) atoms. The summed E-state index contributed by atoms with van der Waals surface area (Å²) in [5.41, 5.74) is 4.96. The van der Waals surface area contributed by atoms with E-state index in [0.717, 1.165) is 32.6 Å². The standard InChI is InChI=1S/C16H15ClN2S/c1-10-11(2)15(8-18)16(19-12(10)3)20-9-13-4-6-14(17)7-5-13/h4-7H,9H2,1-3H3. The van der Waals surface area contributed by atoms with Gasteiger partial charge in [0.1, 0.15) is 11.1 Å². The number of thioether (sulfide) groups is 1. The number of pyridine rings is 1. The molecule has 0 spiro atoms. The lowest BCUT2D eigenvalue weighted by Gasteiger charge is -2.11. The van der Waals surface area contributed by atoms with Crippen LogP contribution in [0.3, 0.4) is 0 Å². The van der Waals surface area contributed by atoms with Crippen molar-refractivity contribution in [1.82, 2.24) is 4.98 Å². The summed E-state index contributed by atoms with van der Waals surface area (Å²) in [6, 6.07) is 10.0. The van der Waals surface area contributed by atoms with Crippen LogP contribution in [0.1, 0.15) is 27.9 Å². The third-order valence-corrected chi connectivity index (χ3v) is 4.66. The van der Waals surface area contributed by atoms with Crippen molar-refractivity contribution >= 4 is 23.4 Å². The fourth-order valence-corrected chi connectivity index (χ4v) is 3.05. The van der Waals surface area contributed by atoms with Gasteiger partial charge in [-0.1, -0.05) is 23.7 Å². The number of halogens is 1. The number of rotatable bonds is 3. The molecule has 1 heterocycles. The van der Waals surface area contributed by atoms with Gasteiger partial charge in [0.2, 0.25) is 0 Å². The first-order valence-electron chi connectivity index (χ1n) is 6.28. The molecule has 0 aliphatic rings. The van der Waals surface area contributed by atoms with Crippen molar-refractivity contribution in [2.45, 2.75) is 31.6 Å². The van der Waals surface area contributed by atoms with E-state index in [1.54, 1.807) is 11.8 Å². The largest absolute Gasteiger partial charge is 0.245 e. The van der Waals surface area contributed by atoms with E-state index in [1.165, 1.54) is 5.56 Å². The van der Waals surface area contributed by atoms with E-state index < -0.39 is 0 Å². The molecule has 0 bridgehead atoms. The van der Waals surface area contributed by atoms with Crippen molar-refractivity contribution in [3.63, 3.8) is 0 Å². The molecule has 0 unspecified atom stereocenters. The molecule has 1 aromatic heterocycles. The zero-order chi connectivity index (χ0) is 14.7. The fourth-order valence-electron chi connectivity index (χ4n) is 1.88. The molecule has 0 aliphatic heterocycles. The summed E-state index contributed by atoms with van der Waals surface area (Å²) in [5, 5.41) is 10.9. The van der Waals surface area contributed by atoms with Crippen molar-refractivity contribution in [1.29, 1.82) is 5.26 Å². The molecule has 2 rings (SSSR count). The fraction of sp³-hybridized carbons (Fsp3) is 0.250. The first-order chi connectivity index (χ1) is 9.52. The first kappa shape index (κ1) is 14.9. The van der Waals surface area contributed by atoms with Crippen molar-refractivity contribution < 1.29 is 0 Å². The van der Waals surface area contributed by atoms with E-state index in [4.69, 9.17) is 11.6 Å². The molecule has 2 aromatic rings. The predicted octanol–water partition coefficient (Wildman–Crippen LogP) is 4.82. The molecule has 2 nitrogen and oxygen atoms in total. The normalized spacial score (nSPS) is 10.3. The summed E-state index contributed by atoms with van der Waals surface area (Å²) in [6.45, 7) is 5.97. The number of aryl methyl sites for hydroxylation is 1. The summed E-state index contributed by atoms with van der Waals surface area (Å²) < 4.78 is 0. The van der Waals surface area contributed by atoms with Crippen LogP contribution in [0.2, 0.25) is 5.02 Å². The molecule has 0 saturated carbocycles. The Hall–Kier alpha value is -1.50. The van der Waals surface area contributed by atoms with E-state index in [2.05, 4.69) is 11.1 Å². The van der Waals surface area contributed by atoms with Gasteiger partial charge >= 0.3 is 0 Å². The van der Waals surface area contributed by atoms with Crippen LogP contribution in [-0.2, 0) is 5.75 Å².